The molecule has 14 heteroatoms. The SMILES string of the molecule is CCCCCCCCCCCCCCCCCCCCCC[N+]1=C(/C=C\C=C2\N(CCCCCCCCCCCCCC)c3ccc(CNC(=O)c4ccc(C(=O)N/N=C/CCCC(=O)N[C@H]5CCc6cc(OC)c(OC)c(OC)c6-c6ccc(SC)c(=O)cc65)cc4)cc3C2(C)C)C(C)(C)c2ccccc21. The van der Waals surface area contributed by atoms with Gasteiger partial charge in [-0.3, -0.25) is 19.2 Å². The van der Waals surface area contributed by atoms with Gasteiger partial charge in [0.1, 0.15) is 6.54 Å². The Labute approximate surface area is 648 Å². The first-order chi connectivity index (χ1) is 52.1. The van der Waals surface area contributed by atoms with Crippen molar-refractivity contribution in [1.29, 1.82) is 0 Å². The fraction of sp³-hybridized carbons (Fsp3) is 0.570. The van der Waals surface area contributed by atoms with E-state index in [0.29, 0.717) is 71.1 Å². The number of ether oxygens (including phenoxy) is 3. The number of nitrogens with zero attached hydrogens (tertiary/aromatic N) is 3. The first kappa shape index (κ1) is 85.2. The molecule has 3 N–H and O–H groups in total. The number of nitrogens with one attached hydrogen (secondary N) is 3. The largest absolute Gasteiger partial charge is 0.493 e. The second-order valence-electron chi connectivity index (χ2n) is 31.3. The number of amides is 3. The number of allylic oxidation sites excluding steroid dienone is 4. The van der Waals surface area contributed by atoms with E-state index in [1.807, 2.05) is 24.5 Å². The molecule has 1 aliphatic carbocycles. The second kappa shape index (κ2) is 45.5. The lowest BCUT2D eigenvalue weighted by atomic mass is 9.81. The molecule has 0 aromatic heterocycles. The number of fused-ring (bicyclic) bond motifs is 5. The molecule has 8 rings (SSSR count). The van der Waals surface area contributed by atoms with Gasteiger partial charge >= 0.3 is 0 Å². The number of thioether (sulfide) groups is 1. The number of hydrazone groups is 1. The zero-order valence-electron chi connectivity index (χ0n) is 67.4. The van der Waals surface area contributed by atoms with Crippen LogP contribution in [0.2, 0.25) is 0 Å². The summed E-state index contributed by atoms with van der Waals surface area (Å²) in [7, 11) is 4.73. The first-order valence-electron chi connectivity index (χ1n) is 41.7. The van der Waals surface area contributed by atoms with Crippen molar-refractivity contribution in [2.75, 3.05) is 45.6 Å². The molecule has 0 radical (unpaired) electrons. The smallest absolute Gasteiger partial charge is 0.271 e. The molecule has 3 aliphatic rings. The summed E-state index contributed by atoms with van der Waals surface area (Å²) < 4.78 is 20.0. The van der Waals surface area contributed by atoms with Gasteiger partial charge in [0, 0.05) is 83.3 Å². The third kappa shape index (κ3) is 24.8. The third-order valence-corrected chi connectivity index (χ3v) is 23.4. The maximum atomic E-state index is 13.8. The van der Waals surface area contributed by atoms with Crippen LogP contribution < -0.4 is 40.6 Å². The Morgan fingerprint density at radius 3 is 1.74 bits per heavy atom. The Morgan fingerprint density at radius 2 is 1.17 bits per heavy atom. The quantitative estimate of drug-likeness (QED) is 0.0114. The van der Waals surface area contributed by atoms with Crippen molar-refractivity contribution in [3.8, 4) is 28.4 Å². The van der Waals surface area contributed by atoms with E-state index < -0.39 is 11.9 Å². The summed E-state index contributed by atoms with van der Waals surface area (Å²) in [4.78, 5) is 57.3. The Bertz CT molecular complexity index is 3810. The Hall–Kier alpha value is -7.45. The van der Waals surface area contributed by atoms with Gasteiger partial charge in [-0.05, 0) is 141 Å². The average Bonchev–Trinajstić information content (AvgIpc) is 1.60. The van der Waals surface area contributed by atoms with Gasteiger partial charge in [0.15, 0.2) is 22.6 Å². The molecule has 0 fully saturated rings. The van der Waals surface area contributed by atoms with Crippen LogP contribution >= 0.6 is 11.8 Å². The average molecular weight is 1480 g/mol. The molecule has 5 aromatic rings. The molecule has 582 valence electrons. The van der Waals surface area contributed by atoms with E-state index >= 15 is 0 Å². The molecule has 0 spiro atoms. The number of methoxy groups -OCH3 is 3. The molecule has 107 heavy (non-hydrogen) atoms. The van der Waals surface area contributed by atoms with E-state index in [2.05, 4.69) is 133 Å². The van der Waals surface area contributed by atoms with Gasteiger partial charge in [-0.15, -0.1) is 11.8 Å². The van der Waals surface area contributed by atoms with Gasteiger partial charge < -0.3 is 29.7 Å². The lowest BCUT2D eigenvalue weighted by Gasteiger charge is -2.27. The van der Waals surface area contributed by atoms with E-state index in [9.17, 15) is 19.2 Å². The van der Waals surface area contributed by atoms with E-state index in [1.54, 1.807) is 57.9 Å². The van der Waals surface area contributed by atoms with Gasteiger partial charge in [-0.1, -0.05) is 256 Å². The maximum absolute atomic E-state index is 13.8. The highest BCUT2D eigenvalue weighted by molar-refractivity contribution is 7.98. The zero-order valence-corrected chi connectivity index (χ0v) is 68.3. The number of aryl methyl sites for hydroxylation is 1. The van der Waals surface area contributed by atoms with Crippen molar-refractivity contribution in [3.05, 3.63) is 164 Å². The van der Waals surface area contributed by atoms with Crippen molar-refractivity contribution >= 4 is 52.8 Å². The fourth-order valence-electron chi connectivity index (χ4n) is 16.3. The number of benzene rings is 4. The molecule has 0 unspecified atom stereocenters. The molecule has 0 bridgehead atoms. The number of carbonyl (C=O) groups excluding carboxylic acids is 3. The second-order valence-corrected chi connectivity index (χ2v) is 32.2. The lowest BCUT2D eigenvalue weighted by Crippen LogP contribution is -2.29. The summed E-state index contributed by atoms with van der Waals surface area (Å²) in [5.74, 6) is 0.682. The molecule has 0 saturated heterocycles. The monoisotopic (exact) mass is 1480 g/mol. The van der Waals surface area contributed by atoms with Crippen LogP contribution in [0.5, 0.6) is 17.2 Å². The lowest BCUT2D eigenvalue weighted by molar-refractivity contribution is -0.438. The maximum Gasteiger partial charge on any atom is 0.271 e. The van der Waals surface area contributed by atoms with Crippen molar-refractivity contribution in [2.24, 2.45) is 5.10 Å². The van der Waals surface area contributed by atoms with E-state index in [1.165, 1.54) is 245 Å². The standard InChI is InChI=1S/C93H132N6O7S/c1-11-13-15-17-19-21-23-25-26-27-28-29-30-31-32-34-36-37-39-45-64-98-79-49-42-41-48-76(79)92(3,4)84(98)50-47-51-85-93(5,6)77-66-70(53-61-80(77)99(85)65-46-40-38-35-33-24-22-20-18-16-14-12-2)69-94-90(102)71-54-56-72(57-55-71)91(103)97-95-63-44-43-52-86(101)96-78-60-58-73-67-82(104-7)88(105-8)89(106-9)87(73)74-59-62-83(107-10)81(100)68-75(74)78/h41-42,47-51,53-57,59,61-63,66-68,78H,11-40,43-46,52,58,60,64-65,69H2,1-10H3,(H2-,94,96,97,101,102,103)/p+1/b95-63+/t78-/m0/s1. The van der Waals surface area contributed by atoms with Gasteiger partial charge in [0.25, 0.3) is 11.8 Å². The molecule has 2 aliphatic heterocycles. The van der Waals surface area contributed by atoms with Crippen LogP contribution in [0, 0.1) is 0 Å². The number of rotatable bonds is 50. The molecular formula is C93H133N6O7S+. The Morgan fingerprint density at radius 1 is 0.607 bits per heavy atom. The summed E-state index contributed by atoms with van der Waals surface area (Å²) in [6, 6.07) is 29.2. The van der Waals surface area contributed by atoms with Crippen LogP contribution in [0.25, 0.3) is 11.1 Å². The van der Waals surface area contributed by atoms with Crippen LogP contribution in [-0.2, 0) is 28.6 Å². The Balaban J connectivity index is 0.830. The number of unbranched alkanes of at least 4 members (excludes halogenated alkanes) is 31. The van der Waals surface area contributed by atoms with Crippen LogP contribution in [0.3, 0.4) is 0 Å². The summed E-state index contributed by atoms with van der Waals surface area (Å²) in [6.07, 6.45) is 56.4. The predicted molar refractivity (Wildman–Crippen MR) is 449 cm³/mol. The topological polar surface area (TPSA) is 151 Å². The van der Waals surface area contributed by atoms with E-state index in [0.717, 1.165) is 41.8 Å². The van der Waals surface area contributed by atoms with Gasteiger partial charge in [0.2, 0.25) is 17.3 Å². The number of anilines is 1. The minimum atomic E-state index is -0.449. The minimum absolute atomic E-state index is 0.129. The normalized spacial score (nSPS) is 15.2. The van der Waals surface area contributed by atoms with Crippen molar-refractivity contribution in [3.63, 3.8) is 0 Å². The molecule has 1 atom stereocenters. The number of hydrogen-bond donors (Lipinski definition) is 3. The minimum Gasteiger partial charge on any atom is -0.493 e. The molecule has 13 nitrogen and oxygen atoms in total. The molecule has 2 heterocycles. The molecule has 5 aromatic carbocycles. The predicted octanol–water partition coefficient (Wildman–Crippen LogP) is 23.2. The Kier molecular flexibility index (Phi) is 36.2. The number of para-hydroxylation sites is 1. The van der Waals surface area contributed by atoms with Crippen LogP contribution in [0.4, 0.5) is 11.4 Å². The highest BCUT2D eigenvalue weighted by Gasteiger charge is 2.44. The van der Waals surface area contributed by atoms with E-state index in [-0.39, 0.29) is 34.5 Å². The van der Waals surface area contributed by atoms with Gasteiger partial charge in [0.05, 0.1) is 37.7 Å². The first-order valence-corrected chi connectivity index (χ1v) is 42.9. The van der Waals surface area contributed by atoms with Gasteiger partial charge in [-0.2, -0.15) is 9.68 Å². The van der Waals surface area contributed by atoms with E-state index in [4.69, 9.17) is 14.2 Å². The summed E-state index contributed by atoms with van der Waals surface area (Å²) >= 11 is 1.37. The molecule has 0 saturated carbocycles. The number of carbonyl (C=O) groups is 3. The van der Waals surface area contributed by atoms with Crippen LogP contribution in [-0.4, -0.2) is 74.9 Å². The van der Waals surface area contributed by atoms with Crippen LogP contribution in [0.1, 0.15) is 327 Å². The fourth-order valence-corrected chi connectivity index (χ4v) is 16.8. The third-order valence-electron chi connectivity index (χ3n) is 22.6. The van der Waals surface area contributed by atoms with Crippen LogP contribution in [0.15, 0.2) is 130 Å². The van der Waals surface area contributed by atoms with Gasteiger partial charge in [-0.25, -0.2) is 5.43 Å². The highest BCUT2D eigenvalue weighted by atomic mass is 32.2. The van der Waals surface area contributed by atoms with Crippen molar-refractivity contribution < 1.29 is 33.2 Å². The van der Waals surface area contributed by atoms with Crippen molar-refractivity contribution in [2.45, 2.75) is 307 Å². The summed E-state index contributed by atoms with van der Waals surface area (Å²) in [6.45, 7) is 16.4. The number of hydrogen-bond acceptors (Lipinski definition) is 10. The molecular weight excluding hydrogens is 1350 g/mol. The highest BCUT2D eigenvalue weighted by Crippen LogP contribution is 2.51. The summed E-state index contributed by atoms with van der Waals surface area (Å²) in [5.41, 5.74) is 15.0. The zero-order chi connectivity index (χ0) is 76.2. The molecule has 3 amide bonds. The summed E-state index contributed by atoms with van der Waals surface area (Å²) in [5, 5.41) is 10.5. The van der Waals surface area contributed by atoms with Crippen molar-refractivity contribution in [1.82, 2.24) is 16.1 Å².